The van der Waals surface area contributed by atoms with E-state index in [1.54, 1.807) is 0 Å². The predicted octanol–water partition coefficient (Wildman–Crippen LogP) is 1.51. The summed E-state index contributed by atoms with van der Waals surface area (Å²) in [6, 6.07) is 0. The van der Waals surface area contributed by atoms with Crippen molar-refractivity contribution in [2.24, 2.45) is 11.8 Å². The maximum Gasteiger partial charge on any atom is 0.0718 e. The van der Waals surface area contributed by atoms with Crippen LogP contribution in [0.25, 0.3) is 0 Å². The van der Waals surface area contributed by atoms with Crippen molar-refractivity contribution in [2.75, 3.05) is 32.8 Å². The molecule has 1 saturated carbocycles. The van der Waals surface area contributed by atoms with Gasteiger partial charge in [-0.05, 0) is 31.7 Å². The first-order valence-corrected chi connectivity index (χ1v) is 6.77. The molecule has 0 bridgehead atoms. The van der Waals surface area contributed by atoms with Crippen LogP contribution in [0.3, 0.4) is 0 Å². The van der Waals surface area contributed by atoms with Gasteiger partial charge in [-0.2, -0.15) is 0 Å². The molecule has 1 aliphatic carbocycles. The van der Waals surface area contributed by atoms with Gasteiger partial charge < -0.3 is 14.7 Å². The Hall–Kier alpha value is -0.120. The summed E-state index contributed by atoms with van der Waals surface area (Å²) in [5, 5.41) is 10.1. The summed E-state index contributed by atoms with van der Waals surface area (Å²) in [4.78, 5) is 2.41. The van der Waals surface area contributed by atoms with Gasteiger partial charge >= 0.3 is 0 Å². The van der Waals surface area contributed by atoms with Gasteiger partial charge in [-0.3, -0.25) is 0 Å². The molecule has 0 amide bonds. The molecule has 3 nitrogen and oxygen atoms in total. The summed E-state index contributed by atoms with van der Waals surface area (Å²) in [5.74, 6) is 1.27. The zero-order chi connectivity index (χ0) is 11.4. The monoisotopic (exact) mass is 227 g/mol. The quantitative estimate of drug-likeness (QED) is 0.746. The van der Waals surface area contributed by atoms with Crippen LogP contribution in [0.4, 0.5) is 0 Å². The standard InChI is InChI=1S/C13H25NO2/c1-2-14(8-11-4-3-5-11)9-13(15)12-6-7-16-10-12/h11-13,15H,2-10H2,1H3. The zero-order valence-corrected chi connectivity index (χ0v) is 10.4. The average Bonchev–Trinajstić information content (AvgIpc) is 2.74. The van der Waals surface area contributed by atoms with E-state index in [1.165, 1.54) is 25.8 Å². The summed E-state index contributed by atoms with van der Waals surface area (Å²) in [6.07, 6.45) is 5.02. The van der Waals surface area contributed by atoms with Gasteiger partial charge in [-0.1, -0.05) is 13.3 Å². The van der Waals surface area contributed by atoms with E-state index in [0.717, 1.165) is 38.6 Å². The van der Waals surface area contributed by atoms with Crippen LogP contribution in [-0.4, -0.2) is 49.0 Å². The molecule has 3 heteroatoms. The molecule has 0 radical (unpaired) electrons. The molecule has 1 heterocycles. The van der Waals surface area contributed by atoms with Gasteiger partial charge in [0.05, 0.1) is 12.7 Å². The van der Waals surface area contributed by atoms with E-state index < -0.39 is 0 Å². The summed E-state index contributed by atoms with van der Waals surface area (Å²) in [7, 11) is 0. The lowest BCUT2D eigenvalue weighted by molar-refractivity contribution is 0.0474. The minimum absolute atomic E-state index is 0.192. The Morgan fingerprint density at radius 3 is 2.69 bits per heavy atom. The van der Waals surface area contributed by atoms with Gasteiger partial charge in [0, 0.05) is 25.6 Å². The van der Waals surface area contributed by atoms with Crippen LogP contribution < -0.4 is 0 Å². The topological polar surface area (TPSA) is 32.7 Å². The van der Waals surface area contributed by atoms with Crippen molar-refractivity contribution in [3.05, 3.63) is 0 Å². The lowest BCUT2D eigenvalue weighted by atomic mass is 9.85. The molecule has 0 aromatic heterocycles. The number of nitrogens with zero attached hydrogens (tertiary/aromatic N) is 1. The first-order chi connectivity index (χ1) is 7.79. The van der Waals surface area contributed by atoms with E-state index in [4.69, 9.17) is 4.74 Å². The maximum absolute atomic E-state index is 10.1. The largest absolute Gasteiger partial charge is 0.391 e. The fourth-order valence-corrected chi connectivity index (χ4v) is 2.64. The van der Waals surface area contributed by atoms with Crippen molar-refractivity contribution in [3.63, 3.8) is 0 Å². The first-order valence-electron chi connectivity index (χ1n) is 6.77. The Bertz CT molecular complexity index is 200. The number of hydrogen-bond acceptors (Lipinski definition) is 3. The minimum Gasteiger partial charge on any atom is -0.391 e. The molecule has 2 fully saturated rings. The van der Waals surface area contributed by atoms with Crippen LogP contribution in [0, 0.1) is 11.8 Å². The van der Waals surface area contributed by atoms with E-state index in [9.17, 15) is 5.11 Å². The van der Waals surface area contributed by atoms with Gasteiger partial charge in [-0.25, -0.2) is 0 Å². The van der Waals surface area contributed by atoms with E-state index in [1.807, 2.05) is 0 Å². The number of aliphatic hydroxyl groups is 1. The Labute approximate surface area is 98.8 Å². The first kappa shape index (κ1) is 12.3. The smallest absolute Gasteiger partial charge is 0.0718 e. The Balaban J connectivity index is 1.71. The third-order valence-electron chi connectivity index (χ3n) is 4.14. The number of ether oxygens (including phenoxy) is 1. The second-order valence-corrected chi connectivity index (χ2v) is 5.34. The molecule has 2 aliphatic rings. The number of likely N-dealkylation sites (N-methyl/N-ethyl adjacent to an activating group) is 1. The third-order valence-corrected chi connectivity index (χ3v) is 4.14. The number of aliphatic hydroxyl groups excluding tert-OH is 1. The molecule has 16 heavy (non-hydrogen) atoms. The van der Waals surface area contributed by atoms with Gasteiger partial charge in [0.1, 0.15) is 0 Å². The van der Waals surface area contributed by atoms with Crippen LogP contribution in [0.15, 0.2) is 0 Å². The molecular formula is C13H25NO2. The second-order valence-electron chi connectivity index (χ2n) is 5.34. The van der Waals surface area contributed by atoms with Crippen LogP contribution in [-0.2, 0) is 4.74 Å². The van der Waals surface area contributed by atoms with E-state index in [0.29, 0.717) is 5.92 Å². The predicted molar refractivity (Wildman–Crippen MR) is 64.4 cm³/mol. The number of rotatable bonds is 6. The van der Waals surface area contributed by atoms with Crippen molar-refractivity contribution in [1.82, 2.24) is 4.90 Å². The van der Waals surface area contributed by atoms with Gasteiger partial charge in [-0.15, -0.1) is 0 Å². The second kappa shape index (κ2) is 5.99. The van der Waals surface area contributed by atoms with Crippen LogP contribution in [0.1, 0.15) is 32.6 Å². The fraction of sp³-hybridized carbons (Fsp3) is 1.00. The SMILES string of the molecule is CCN(CC1CCC1)CC(O)C1CCOC1. The Kier molecular flexibility index (Phi) is 4.62. The van der Waals surface area contributed by atoms with E-state index >= 15 is 0 Å². The fourth-order valence-electron chi connectivity index (χ4n) is 2.64. The van der Waals surface area contributed by atoms with Crippen molar-refractivity contribution in [3.8, 4) is 0 Å². The molecular weight excluding hydrogens is 202 g/mol. The van der Waals surface area contributed by atoms with Crippen molar-refractivity contribution in [1.29, 1.82) is 0 Å². The highest BCUT2D eigenvalue weighted by atomic mass is 16.5. The molecule has 2 rings (SSSR count). The van der Waals surface area contributed by atoms with Crippen molar-refractivity contribution in [2.45, 2.75) is 38.7 Å². The summed E-state index contributed by atoms with van der Waals surface area (Å²) >= 11 is 0. The van der Waals surface area contributed by atoms with Gasteiger partial charge in [0.25, 0.3) is 0 Å². The van der Waals surface area contributed by atoms with Gasteiger partial charge in [0.15, 0.2) is 0 Å². The molecule has 0 spiro atoms. The summed E-state index contributed by atoms with van der Waals surface area (Å²) < 4.78 is 5.33. The molecule has 2 atom stereocenters. The highest BCUT2D eigenvalue weighted by Gasteiger charge is 2.27. The minimum atomic E-state index is -0.192. The third kappa shape index (κ3) is 3.19. The highest BCUT2D eigenvalue weighted by molar-refractivity contribution is 4.78. The Morgan fingerprint density at radius 2 is 2.19 bits per heavy atom. The zero-order valence-electron chi connectivity index (χ0n) is 10.4. The van der Waals surface area contributed by atoms with Crippen molar-refractivity contribution >= 4 is 0 Å². The highest BCUT2D eigenvalue weighted by Crippen LogP contribution is 2.27. The molecule has 1 aliphatic heterocycles. The molecule has 1 saturated heterocycles. The normalized spacial score (nSPS) is 28.3. The summed E-state index contributed by atoms with van der Waals surface area (Å²) in [5.41, 5.74) is 0. The van der Waals surface area contributed by atoms with Crippen molar-refractivity contribution < 1.29 is 9.84 Å². The number of hydrogen-bond donors (Lipinski definition) is 1. The van der Waals surface area contributed by atoms with E-state index in [-0.39, 0.29) is 6.10 Å². The maximum atomic E-state index is 10.1. The van der Waals surface area contributed by atoms with Gasteiger partial charge in [0.2, 0.25) is 0 Å². The van der Waals surface area contributed by atoms with Crippen LogP contribution >= 0.6 is 0 Å². The average molecular weight is 227 g/mol. The lowest BCUT2D eigenvalue weighted by Crippen LogP contribution is -2.40. The molecule has 1 N–H and O–H groups in total. The van der Waals surface area contributed by atoms with E-state index in [2.05, 4.69) is 11.8 Å². The van der Waals surface area contributed by atoms with Crippen LogP contribution in [0.2, 0.25) is 0 Å². The van der Waals surface area contributed by atoms with Crippen LogP contribution in [0.5, 0.6) is 0 Å². The Morgan fingerprint density at radius 1 is 1.38 bits per heavy atom. The molecule has 0 aromatic rings. The lowest BCUT2D eigenvalue weighted by Gasteiger charge is -2.33. The molecule has 0 aromatic carbocycles. The molecule has 2 unspecified atom stereocenters. The molecule has 94 valence electrons. The summed E-state index contributed by atoms with van der Waals surface area (Å²) in [6.45, 7) is 6.85.